The lowest BCUT2D eigenvalue weighted by atomic mass is 10.1. The zero-order chi connectivity index (χ0) is 25.8. The number of imide groups is 1. The molecule has 12 heteroatoms. The molecule has 1 aromatic heterocycles. The number of aromatic nitrogens is 2. The highest BCUT2D eigenvalue weighted by Crippen LogP contribution is 2.37. The van der Waals surface area contributed by atoms with Gasteiger partial charge < -0.3 is 4.90 Å². The molecule has 2 aliphatic heterocycles. The van der Waals surface area contributed by atoms with Gasteiger partial charge in [0.25, 0.3) is 11.1 Å². The molecule has 2 fully saturated rings. The van der Waals surface area contributed by atoms with Gasteiger partial charge in [0.1, 0.15) is 6.17 Å². The number of likely N-dealkylation sites (N-methyl/N-ethyl adjacent to an activating group) is 1. The average molecular weight is 539 g/mol. The molecule has 36 heavy (non-hydrogen) atoms. The average Bonchev–Trinajstić information content (AvgIpc) is 3.43. The number of nitrogens with zero attached hydrogens (tertiary/aromatic N) is 4. The van der Waals surface area contributed by atoms with E-state index in [4.69, 9.17) is 11.6 Å². The molecule has 188 valence electrons. The van der Waals surface area contributed by atoms with Gasteiger partial charge in [-0.3, -0.25) is 19.2 Å². The highest BCUT2D eigenvalue weighted by atomic mass is 35.5. The molecule has 2 saturated heterocycles. The largest absolute Gasteiger partial charge is 0.416 e. The maximum atomic E-state index is 14.3. The van der Waals surface area contributed by atoms with E-state index in [0.717, 1.165) is 22.7 Å². The first-order valence-corrected chi connectivity index (χ1v) is 12.1. The second kappa shape index (κ2) is 9.20. The molecule has 0 bridgehead atoms. The molecule has 3 aromatic rings. The fourth-order valence-electron chi connectivity index (χ4n) is 4.52. The Kier molecular flexibility index (Phi) is 6.34. The van der Waals surface area contributed by atoms with Crippen LogP contribution in [0.4, 0.5) is 22.4 Å². The standard InChI is InChI=1S/C24H19ClF4N4O2S/c1-31-11-18(26)20(12-31)33-22(34)21(36-23(33)35)7-13-2-5-19-15(6-13)9-30-32(19)10-14-3-4-16(25)8-17(14)24(27,28)29/h2-9,18,20H,10-12H2,1H3/t18-,20?/m0/s1. The number of halogens is 5. The Bertz CT molecular complexity index is 1410. The Morgan fingerprint density at radius 2 is 1.94 bits per heavy atom. The molecule has 5 rings (SSSR count). The molecule has 6 nitrogen and oxygen atoms in total. The summed E-state index contributed by atoms with van der Waals surface area (Å²) in [5.74, 6) is -0.536. The maximum absolute atomic E-state index is 14.3. The van der Waals surface area contributed by atoms with Crippen LogP contribution in [0, 0.1) is 0 Å². The minimum atomic E-state index is -4.56. The Morgan fingerprint density at radius 3 is 2.64 bits per heavy atom. The summed E-state index contributed by atoms with van der Waals surface area (Å²) in [7, 11) is 1.73. The lowest BCUT2D eigenvalue weighted by molar-refractivity contribution is -0.138. The van der Waals surface area contributed by atoms with Crippen molar-refractivity contribution in [2.75, 3.05) is 20.1 Å². The van der Waals surface area contributed by atoms with Gasteiger partial charge in [0.2, 0.25) is 0 Å². The van der Waals surface area contributed by atoms with Crippen LogP contribution in [-0.4, -0.2) is 63.1 Å². The summed E-state index contributed by atoms with van der Waals surface area (Å²) in [5.41, 5.74) is 0.404. The molecular weight excluding hydrogens is 520 g/mol. The SMILES string of the molecule is CN1CC(N2C(=O)SC(=Cc3ccc4c(cnn4Cc4ccc(Cl)cc4C(F)(F)F)c3)C2=O)[C@@H](F)C1. The van der Waals surface area contributed by atoms with Gasteiger partial charge in [-0.1, -0.05) is 23.7 Å². The van der Waals surface area contributed by atoms with Crippen molar-refractivity contribution >= 4 is 51.5 Å². The van der Waals surface area contributed by atoms with E-state index in [2.05, 4.69) is 5.10 Å². The fourth-order valence-corrected chi connectivity index (χ4v) is 5.58. The van der Waals surface area contributed by atoms with Crippen LogP contribution in [0.15, 0.2) is 47.5 Å². The number of thioether (sulfide) groups is 1. The number of carbonyl (C=O) groups is 2. The van der Waals surface area contributed by atoms with Crippen molar-refractivity contribution < 1.29 is 27.2 Å². The quantitative estimate of drug-likeness (QED) is 0.327. The molecule has 2 aromatic carbocycles. The molecule has 0 radical (unpaired) electrons. The predicted molar refractivity (Wildman–Crippen MR) is 129 cm³/mol. The van der Waals surface area contributed by atoms with Crippen molar-refractivity contribution in [1.29, 1.82) is 0 Å². The summed E-state index contributed by atoms with van der Waals surface area (Å²) >= 11 is 6.53. The van der Waals surface area contributed by atoms with Crippen LogP contribution in [-0.2, 0) is 17.5 Å². The van der Waals surface area contributed by atoms with Gasteiger partial charge in [-0.05, 0) is 60.3 Å². The van der Waals surface area contributed by atoms with E-state index in [1.165, 1.54) is 23.0 Å². The number of hydrogen-bond acceptors (Lipinski definition) is 5. The van der Waals surface area contributed by atoms with Gasteiger partial charge in [0.05, 0.1) is 34.8 Å². The summed E-state index contributed by atoms with van der Waals surface area (Å²) in [6, 6.07) is 7.89. The molecule has 3 heterocycles. The van der Waals surface area contributed by atoms with E-state index < -0.39 is 35.1 Å². The maximum Gasteiger partial charge on any atom is 0.416 e. The monoisotopic (exact) mass is 538 g/mol. The van der Waals surface area contributed by atoms with Crippen LogP contribution in [0.3, 0.4) is 0 Å². The molecule has 0 aliphatic carbocycles. The Morgan fingerprint density at radius 1 is 1.17 bits per heavy atom. The first-order chi connectivity index (χ1) is 17.0. The van der Waals surface area contributed by atoms with Crippen molar-refractivity contribution in [3.63, 3.8) is 0 Å². The number of likely N-dealkylation sites (tertiary alicyclic amines) is 1. The topological polar surface area (TPSA) is 58.4 Å². The third kappa shape index (κ3) is 4.62. The van der Waals surface area contributed by atoms with Crippen LogP contribution >= 0.6 is 23.4 Å². The molecule has 1 unspecified atom stereocenters. The summed E-state index contributed by atoms with van der Waals surface area (Å²) in [6.45, 7) is 0.321. The molecule has 2 aliphatic rings. The zero-order valence-corrected chi connectivity index (χ0v) is 20.4. The van der Waals surface area contributed by atoms with Gasteiger partial charge in [-0.15, -0.1) is 0 Å². The number of rotatable bonds is 4. The van der Waals surface area contributed by atoms with Gasteiger partial charge in [-0.25, -0.2) is 4.39 Å². The molecule has 0 N–H and O–H groups in total. The Hall–Kier alpha value is -2.89. The van der Waals surface area contributed by atoms with Crippen LogP contribution in [0.2, 0.25) is 5.02 Å². The number of amides is 2. The predicted octanol–water partition coefficient (Wildman–Crippen LogP) is 5.45. The van der Waals surface area contributed by atoms with E-state index in [1.807, 2.05) is 0 Å². The van der Waals surface area contributed by atoms with Gasteiger partial charge in [0, 0.05) is 23.5 Å². The van der Waals surface area contributed by atoms with Gasteiger partial charge in [0.15, 0.2) is 0 Å². The lowest BCUT2D eigenvalue weighted by Gasteiger charge is -2.21. The fraction of sp³-hybridized carbons (Fsp3) is 0.292. The van der Waals surface area contributed by atoms with Crippen LogP contribution in [0.5, 0.6) is 0 Å². The molecule has 0 spiro atoms. The Balaban J connectivity index is 1.40. The molecule has 2 atom stereocenters. The van der Waals surface area contributed by atoms with E-state index in [-0.39, 0.29) is 35.1 Å². The van der Waals surface area contributed by atoms with E-state index in [0.29, 0.717) is 16.5 Å². The molecule has 0 saturated carbocycles. The highest BCUT2D eigenvalue weighted by Gasteiger charge is 2.46. The van der Waals surface area contributed by atoms with Gasteiger partial charge >= 0.3 is 6.18 Å². The number of alkyl halides is 4. The van der Waals surface area contributed by atoms with E-state index >= 15 is 0 Å². The summed E-state index contributed by atoms with van der Waals surface area (Å²) in [6.07, 6.45) is -2.79. The summed E-state index contributed by atoms with van der Waals surface area (Å²) in [5, 5.41) is 4.36. The number of hydrogen-bond donors (Lipinski definition) is 0. The van der Waals surface area contributed by atoms with E-state index in [1.54, 1.807) is 36.2 Å². The second-order valence-corrected chi connectivity index (χ2v) is 10.2. The first-order valence-electron chi connectivity index (χ1n) is 10.9. The minimum Gasteiger partial charge on any atom is -0.301 e. The number of fused-ring (bicyclic) bond motifs is 1. The van der Waals surface area contributed by atoms with Crippen molar-refractivity contribution in [2.45, 2.75) is 24.9 Å². The Labute approximate surface area is 212 Å². The van der Waals surface area contributed by atoms with Crippen molar-refractivity contribution in [3.05, 3.63) is 69.2 Å². The first kappa shape index (κ1) is 24.8. The van der Waals surface area contributed by atoms with Crippen LogP contribution in [0.1, 0.15) is 16.7 Å². The van der Waals surface area contributed by atoms with Crippen molar-refractivity contribution in [2.24, 2.45) is 0 Å². The zero-order valence-electron chi connectivity index (χ0n) is 18.8. The minimum absolute atomic E-state index is 0.00700. The third-order valence-electron chi connectivity index (χ3n) is 6.22. The van der Waals surface area contributed by atoms with Crippen LogP contribution in [0.25, 0.3) is 17.0 Å². The van der Waals surface area contributed by atoms with Gasteiger partial charge in [-0.2, -0.15) is 18.3 Å². The number of carbonyl (C=O) groups excluding carboxylic acids is 2. The summed E-state index contributed by atoms with van der Waals surface area (Å²) < 4.78 is 56.2. The van der Waals surface area contributed by atoms with E-state index in [9.17, 15) is 27.2 Å². The van der Waals surface area contributed by atoms with Crippen molar-refractivity contribution in [3.8, 4) is 0 Å². The molecular formula is C24H19ClF4N4O2S. The van der Waals surface area contributed by atoms with Crippen molar-refractivity contribution in [1.82, 2.24) is 19.6 Å². The highest BCUT2D eigenvalue weighted by molar-refractivity contribution is 8.18. The van der Waals surface area contributed by atoms with Crippen LogP contribution < -0.4 is 0 Å². The lowest BCUT2D eigenvalue weighted by Crippen LogP contribution is -2.44. The normalized spacial score (nSPS) is 22.5. The number of benzene rings is 2. The molecule has 2 amide bonds. The summed E-state index contributed by atoms with van der Waals surface area (Å²) in [4.78, 5) is 28.3. The third-order valence-corrected chi connectivity index (χ3v) is 7.34. The second-order valence-electron chi connectivity index (χ2n) is 8.78. The smallest absolute Gasteiger partial charge is 0.301 e.